The minimum absolute atomic E-state index is 0.0452. The van der Waals surface area contributed by atoms with Crippen LogP contribution >= 0.6 is 0 Å². The molecule has 0 radical (unpaired) electrons. The van der Waals surface area contributed by atoms with Gasteiger partial charge in [-0.3, -0.25) is 0 Å². The summed E-state index contributed by atoms with van der Waals surface area (Å²) in [5.74, 6) is 0.850. The molecule has 82 valence electrons. The number of para-hydroxylation sites is 1. The van der Waals surface area contributed by atoms with E-state index in [9.17, 15) is 0 Å². The molecule has 0 aliphatic heterocycles. The lowest BCUT2D eigenvalue weighted by atomic mass is 9.85. The first-order chi connectivity index (χ1) is 7.00. The summed E-state index contributed by atoms with van der Waals surface area (Å²) in [4.78, 5) is 0. The number of hydrogen-bond acceptors (Lipinski definition) is 2. The first kappa shape index (κ1) is 11.8. The molecule has 1 aromatic rings. The summed E-state index contributed by atoms with van der Waals surface area (Å²) in [5, 5.41) is 7.36. The minimum Gasteiger partial charge on any atom is -0.493 e. The molecule has 1 rings (SSSR count). The summed E-state index contributed by atoms with van der Waals surface area (Å²) in [6, 6.07) is 5.95. The van der Waals surface area contributed by atoms with Crippen LogP contribution in [0, 0.1) is 5.41 Å². The smallest absolute Gasteiger partial charge is 0.131 e. The number of rotatable bonds is 3. The van der Waals surface area contributed by atoms with Crippen molar-refractivity contribution in [1.82, 2.24) is 0 Å². The van der Waals surface area contributed by atoms with Crippen LogP contribution in [0.25, 0.3) is 0 Å². The van der Waals surface area contributed by atoms with E-state index in [1.165, 1.54) is 6.21 Å². The largest absolute Gasteiger partial charge is 0.493 e. The Kier molecular flexibility index (Phi) is 3.51. The molecule has 0 spiro atoms. The Labute approximate surface area is 91.8 Å². The zero-order valence-corrected chi connectivity index (χ0v) is 9.92. The van der Waals surface area contributed by atoms with Crippen molar-refractivity contribution in [3.05, 3.63) is 29.3 Å². The normalized spacial score (nSPS) is 11.2. The molecule has 0 bridgehead atoms. The molecule has 0 aromatic heterocycles. The van der Waals surface area contributed by atoms with Gasteiger partial charge in [0.25, 0.3) is 0 Å². The number of ether oxygens (including phenoxy) is 1. The Morgan fingerprint density at radius 3 is 2.47 bits per heavy atom. The third kappa shape index (κ3) is 2.58. The van der Waals surface area contributed by atoms with Crippen molar-refractivity contribution >= 4 is 6.21 Å². The summed E-state index contributed by atoms with van der Waals surface area (Å²) >= 11 is 0. The van der Waals surface area contributed by atoms with E-state index < -0.39 is 0 Å². The predicted octanol–water partition coefficient (Wildman–Crippen LogP) is 3.38. The fraction of sp³-hybridized carbons (Fsp3) is 0.462. The highest BCUT2D eigenvalue weighted by Gasteiger charge is 2.20. The van der Waals surface area contributed by atoms with E-state index in [0.29, 0.717) is 6.61 Å². The topological polar surface area (TPSA) is 33.1 Å². The molecule has 0 saturated carbocycles. The average molecular weight is 205 g/mol. The quantitative estimate of drug-likeness (QED) is 0.754. The third-order valence-corrected chi connectivity index (χ3v) is 2.30. The molecule has 0 aliphatic rings. The summed E-state index contributed by atoms with van der Waals surface area (Å²) in [6.45, 7) is 9.05. The van der Waals surface area contributed by atoms with E-state index in [4.69, 9.17) is 10.1 Å². The second-order valence-corrected chi connectivity index (χ2v) is 4.55. The average Bonchev–Trinajstić information content (AvgIpc) is 2.17. The van der Waals surface area contributed by atoms with Crippen LogP contribution in [-0.4, -0.2) is 12.8 Å². The highest BCUT2D eigenvalue weighted by Crippen LogP contribution is 2.33. The molecule has 0 heterocycles. The number of nitrogens with one attached hydrogen (secondary N) is 1. The summed E-state index contributed by atoms with van der Waals surface area (Å²) in [7, 11) is 0. The van der Waals surface area contributed by atoms with Crippen molar-refractivity contribution in [2.24, 2.45) is 0 Å². The third-order valence-electron chi connectivity index (χ3n) is 2.30. The Balaban J connectivity index is 3.31. The van der Waals surface area contributed by atoms with Gasteiger partial charge >= 0.3 is 0 Å². The van der Waals surface area contributed by atoms with Crippen molar-refractivity contribution in [2.45, 2.75) is 33.1 Å². The maximum absolute atomic E-state index is 7.36. The van der Waals surface area contributed by atoms with Crippen molar-refractivity contribution < 1.29 is 4.74 Å². The minimum atomic E-state index is 0.0452. The molecular weight excluding hydrogens is 186 g/mol. The number of hydrogen-bond donors (Lipinski definition) is 1. The van der Waals surface area contributed by atoms with E-state index in [-0.39, 0.29) is 5.41 Å². The van der Waals surface area contributed by atoms with Crippen molar-refractivity contribution in [3.63, 3.8) is 0 Å². The Bertz CT molecular complexity index is 350. The van der Waals surface area contributed by atoms with Gasteiger partial charge in [-0.05, 0) is 18.4 Å². The van der Waals surface area contributed by atoms with Gasteiger partial charge in [0.1, 0.15) is 5.75 Å². The Morgan fingerprint density at radius 1 is 1.33 bits per heavy atom. The van der Waals surface area contributed by atoms with E-state index in [1.54, 1.807) is 0 Å². The van der Waals surface area contributed by atoms with Crippen molar-refractivity contribution in [2.75, 3.05) is 6.61 Å². The lowest BCUT2D eigenvalue weighted by molar-refractivity contribution is 0.329. The zero-order chi connectivity index (χ0) is 11.5. The first-order valence-electron chi connectivity index (χ1n) is 5.27. The molecule has 15 heavy (non-hydrogen) atoms. The molecular formula is C13H19NO. The molecule has 0 amide bonds. The van der Waals surface area contributed by atoms with Crippen LogP contribution in [0.5, 0.6) is 5.75 Å². The van der Waals surface area contributed by atoms with Crippen LogP contribution in [0.1, 0.15) is 38.8 Å². The van der Waals surface area contributed by atoms with Crippen LogP contribution in [0.15, 0.2) is 18.2 Å². The first-order valence-corrected chi connectivity index (χ1v) is 5.27. The summed E-state index contributed by atoms with van der Waals surface area (Å²) < 4.78 is 5.63. The van der Waals surface area contributed by atoms with E-state index in [0.717, 1.165) is 16.9 Å². The fourth-order valence-electron chi connectivity index (χ4n) is 1.56. The van der Waals surface area contributed by atoms with Crippen LogP contribution in [0.4, 0.5) is 0 Å². The summed E-state index contributed by atoms with van der Waals surface area (Å²) in [5.41, 5.74) is 2.05. The van der Waals surface area contributed by atoms with Crippen LogP contribution in [0.3, 0.4) is 0 Å². The second-order valence-electron chi connectivity index (χ2n) is 4.55. The maximum Gasteiger partial charge on any atom is 0.131 e. The monoisotopic (exact) mass is 205 g/mol. The molecule has 0 atom stereocenters. The van der Waals surface area contributed by atoms with Gasteiger partial charge in [0.2, 0.25) is 0 Å². The highest BCUT2D eigenvalue weighted by molar-refractivity contribution is 5.82. The number of benzene rings is 1. The Morgan fingerprint density at radius 2 is 2.00 bits per heavy atom. The van der Waals surface area contributed by atoms with Gasteiger partial charge < -0.3 is 10.1 Å². The van der Waals surface area contributed by atoms with E-state index in [1.807, 2.05) is 19.1 Å². The van der Waals surface area contributed by atoms with Gasteiger partial charge in [-0.1, -0.05) is 32.9 Å². The molecule has 0 fully saturated rings. The maximum atomic E-state index is 7.36. The molecule has 2 heteroatoms. The molecule has 1 N–H and O–H groups in total. The zero-order valence-electron chi connectivity index (χ0n) is 9.92. The van der Waals surface area contributed by atoms with Crippen molar-refractivity contribution in [3.8, 4) is 5.75 Å². The molecule has 0 aliphatic carbocycles. The standard InChI is InChI=1S/C13H19NO/c1-5-15-12-10(9-14)7-6-8-11(12)13(2,3)4/h6-9,14H,5H2,1-4H3. The lowest BCUT2D eigenvalue weighted by Gasteiger charge is -2.23. The van der Waals surface area contributed by atoms with Crippen LogP contribution in [0.2, 0.25) is 0 Å². The van der Waals surface area contributed by atoms with E-state index >= 15 is 0 Å². The highest BCUT2D eigenvalue weighted by atomic mass is 16.5. The van der Waals surface area contributed by atoms with Gasteiger partial charge in [-0.2, -0.15) is 0 Å². The predicted molar refractivity (Wildman–Crippen MR) is 64.2 cm³/mol. The second kappa shape index (κ2) is 4.47. The van der Waals surface area contributed by atoms with Gasteiger partial charge in [0.15, 0.2) is 0 Å². The molecule has 0 saturated heterocycles. The van der Waals surface area contributed by atoms with Gasteiger partial charge in [0.05, 0.1) is 6.61 Å². The van der Waals surface area contributed by atoms with Gasteiger partial charge in [0, 0.05) is 17.3 Å². The SMILES string of the molecule is CCOc1c(C=N)cccc1C(C)(C)C. The van der Waals surface area contributed by atoms with Gasteiger partial charge in [-0.25, -0.2) is 0 Å². The van der Waals surface area contributed by atoms with Gasteiger partial charge in [-0.15, -0.1) is 0 Å². The van der Waals surface area contributed by atoms with E-state index in [2.05, 4.69) is 26.8 Å². The molecule has 1 aromatic carbocycles. The van der Waals surface area contributed by atoms with Crippen LogP contribution in [-0.2, 0) is 5.41 Å². The van der Waals surface area contributed by atoms with Crippen LogP contribution < -0.4 is 4.74 Å². The molecule has 2 nitrogen and oxygen atoms in total. The summed E-state index contributed by atoms with van der Waals surface area (Å²) in [6.07, 6.45) is 1.35. The Hall–Kier alpha value is -1.31. The fourth-order valence-corrected chi connectivity index (χ4v) is 1.56. The molecule has 0 unspecified atom stereocenters. The van der Waals surface area contributed by atoms with Crippen molar-refractivity contribution in [1.29, 1.82) is 5.41 Å². The lowest BCUT2D eigenvalue weighted by Crippen LogP contribution is -2.14.